The summed E-state index contributed by atoms with van der Waals surface area (Å²) in [7, 11) is 0. The maximum atomic E-state index is 12.2. The lowest BCUT2D eigenvalue weighted by Gasteiger charge is -2.47. The fourth-order valence-electron chi connectivity index (χ4n) is 5.25. The number of H-pyrrole nitrogens is 2. The highest BCUT2D eigenvalue weighted by atomic mass is 35.5. The first-order valence-electron chi connectivity index (χ1n) is 11.3. The number of halogens is 2. The summed E-state index contributed by atoms with van der Waals surface area (Å²) in [6.45, 7) is 1.05. The molecule has 2 aromatic heterocycles. The molecule has 1 spiro atoms. The Morgan fingerprint density at radius 1 is 1.14 bits per heavy atom. The van der Waals surface area contributed by atoms with E-state index in [-0.39, 0.29) is 32.8 Å². The van der Waals surface area contributed by atoms with Crippen molar-refractivity contribution in [1.82, 2.24) is 19.7 Å². The quantitative estimate of drug-likeness (QED) is 0.402. The lowest BCUT2D eigenvalue weighted by molar-refractivity contribution is 0.00108. The van der Waals surface area contributed by atoms with Crippen LogP contribution < -0.4 is 16.0 Å². The number of hydrogen-bond donors (Lipinski definition) is 2. The number of aromatic amines is 2. The number of hydrogen-bond acceptors (Lipinski definition) is 7. The van der Waals surface area contributed by atoms with Crippen molar-refractivity contribution in [3.63, 3.8) is 0 Å². The second-order valence-corrected chi connectivity index (χ2v) is 9.98. The zero-order chi connectivity index (χ0) is 25.9. The molecular formula is C25H16Cl2N6O4. The minimum Gasteiger partial charge on any atom is -0.454 e. The number of aromatic nitrogens is 4. The van der Waals surface area contributed by atoms with E-state index in [0.29, 0.717) is 19.0 Å². The summed E-state index contributed by atoms with van der Waals surface area (Å²) in [5, 5.41) is 23.3. The van der Waals surface area contributed by atoms with Gasteiger partial charge in [-0.05, 0) is 48.7 Å². The Balaban J connectivity index is 1.37. The maximum absolute atomic E-state index is 12.2. The predicted octanol–water partition coefficient (Wildman–Crippen LogP) is 4.07. The molecule has 37 heavy (non-hydrogen) atoms. The molecule has 10 nitrogen and oxygen atoms in total. The summed E-state index contributed by atoms with van der Waals surface area (Å²) >= 11 is 12.9. The molecule has 1 aliphatic heterocycles. The molecule has 1 aliphatic carbocycles. The summed E-state index contributed by atoms with van der Waals surface area (Å²) in [6, 6.07) is 12.4. The number of nitrogens with zero attached hydrogens (tertiary/aromatic N) is 4. The van der Waals surface area contributed by atoms with Crippen LogP contribution in [-0.2, 0) is 16.8 Å². The SMILES string of the molecule is N#Cc1nn(-c2cc(Cl)c(Oc3ccc4[nH]c5c(c4c3)C3(COC5)CC(C#N)C3)c(Cl)c2)c(=O)[nH]c1=O. The van der Waals surface area contributed by atoms with Gasteiger partial charge in [-0.1, -0.05) is 23.2 Å². The third-order valence-corrected chi connectivity index (χ3v) is 7.40. The number of nitriles is 2. The highest BCUT2D eigenvalue weighted by molar-refractivity contribution is 6.37. The Labute approximate surface area is 218 Å². The molecule has 184 valence electrons. The van der Waals surface area contributed by atoms with Crippen molar-refractivity contribution in [2.24, 2.45) is 5.92 Å². The Bertz CT molecular complexity index is 1780. The summed E-state index contributed by atoms with van der Waals surface area (Å²) in [5.74, 6) is 0.679. The third-order valence-electron chi connectivity index (χ3n) is 6.84. The van der Waals surface area contributed by atoms with Crippen LogP contribution in [0.3, 0.4) is 0 Å². The number of nitrogens with one attached hydrogen (secondary N) is 2. The van der Waals surface area contributed by atoms with E-state index in [9.17, 15) is 14.9 Å². The molecule has 3 heterocycles. The van der Waals surface area contributed by atoms with Gasteiger partial charge in [-0.2, -0.15) is 15.2 Å². The molecule has 0 amide bonds. The second kappa shape index (κ2) is 8.49. The fraction of sp³-hybridized carbons (Fsp3) is 0.240. The molecule has 0 saturated heterocycles. The van der Waals surface area contributed by atoms with Gasteiger partial charge in [0.05, 0.1) is 35.0 Å². The van der Waals surface area contributed by atoms with Gasteiger partial charge in [0.1, 0.15) is 11.8 Å². The van der Waals surface area contributed by atoms with Gasteiger partial charge in [0.25, 0.3) is 5.56 Å². The normalized spacial score (nSPS) is 20.2. The van der Waals surface area contributed by atoms with Crippen LogP contribution in [0.1, 0.15) is 29.8 Å². The van der Waals surface area contributed by atoms with Crippen molar-refractivity contribution in [3.05, 3.63) is 78.2 Å². The van der Waals surface area contributed by atoms with E-state index in [4.69, 9.17) is 37.9 Å². The van der Waals surface area contributed by atoms with Crippen LogP contribution in [0.15, 0.2) is 39.9 Å². The maximum Gasteiger partial charge on any atom is 0.349 e. The molecule has 1 fully saturated rings. The zero-order valence-electron chi connectivity index (χ0n) is 19.0. The smallest absolute Gasteiger partial charge is 0.349 e. The van der Waals surface area contributed by atoms with Crippen LogP contribution in [0.2, 0.25) is 10.0 Å². The van der Waals surface area contributed by atoms with Crippen molar-refractivity contribution < 1.29 is 9.47 Å². The van der Waals surface area contributed by atoms with Gasteiger partial charge in [-0.25, -0.2) is 4.79 Å². The van der Waals surface area contributed by atoms with Crippen LogP contribution in [0.25, 0.3) is 16.6 Å². The van der Waals surface area contributed by atoms with Gasteiger partial charge in [0.15, 0.2) is 5.75 Å². The Hall–Kier alpha value is -4.09. The van der Waals surface area contributed by atoms with Gasteiger partial charge >= 0.3 is 5.69 Å². The molecule has 6 rings (SSSR count). The van der Waals surface area contributed by atoms with Crippen molar-refractivity contribution in [1.29, 1.82) is 10.5 Å². The van der Waals surface area contributed by atoms with Crippen molar-refractivity contribution >= 4 is 34.1 Å². The van der Waals surface area contributed by atoms with Crippen LogP contribution in [-0.4, -0.2) is 26.4 Å². The van der Waals surface area contributed by atoms with Gasteiger partial charge < -0.3 is 14.5 Å². The highest BCUT2D eigenvalue weighted by Crippen LogP contribution is 2.53. The largest absolute Gasteiger partial charge is 0.454 e. The number of fused-ring (bicyclic) bond motifs is 4. The Morgan fingerprint density at radius 3 is 2.59 bits per heavy atom. The molecule has 2 N–H and O–H groups in total. The van der Waals surface area contributed by atoms with Crippen LogP contribution in [0, 0.1) is 28.6 Å². The molecule has 0 atom stereocenters. The van der Waals surface area contributed by atoms with E-state index in [0.717, 1.165) is 39.7 Å². The first-order valence-corrected chi connectivity index (χ1v) is 12.0. The van der Waals surface area contributed by atoms with Gasteiger partial charge in [-0.3, -0.25) is 9.78 Å². The topological polar surface area (TPSA) is 150 Å². The first-order chi connectivity index (χ1) is 17.8. The third kappa shape index (κ3) is 3.69. The molecule has 0 unspecified atom stereocenters. The molecule has 1 saturated carbocycles. The van der Waals surface area contributed by atoms with E-state index in [1.165, 1.54) is 12.1 Å². The van der Waals surface area contributed by atoms with E-state index in [2.05, 4.69) is 16.2 Å². The van der Waals surface area contributed by atoms with Crippen molar-refractivity contribution in [2.75, 3.05) is 6.61 Å². The molecule has 2 aliphatic rings. The van der Waals surface area contributed by atoms with Gasteiger partial charge in [0, 0.05) is 27.9 Å². The molecular weight excluding hydrogens is 519 g/mol. The lowest BCUT2D eigenvalue weighted by Crippen LogP contribution is -2.47. The average Bonchev–Trinajstić information content (AvgIpc) is 3.23. The minimum absolute atomic E-state index is 0.0174. The Kier molecular flexibility index (Phi) is 5.35. The standard InChI is InChI=1S/C25H16Cl2N6O4/c26-16-3-13(33-24(35)31-23(34)19(9-29)32-33)4-17(27)22(16)37-14-1-2-18-15(5-14)21-20(30-18)10-36-11-25(21)6-12(7-25)8-28/h1-5,12,30H,6-7,10-11H2,(H,31,34,35). The van der Waals surface area contributed by atoms with E-state index in [1.54, 1.807) is 12.1 Å². The summed E-state index contributed by atoms with van der Waals surface area (Å²) in [6.07, 6.45) is 1.50. The average molecular weight is 535 g/mol. The molecule has 2 aromatic carbocycles. The monoisotopic (exact) mass is 534 g/mol. The minimum atomic E-state index is -0.887. The first kappa shape index (κ1) is 23.3. The number of rotatable bonds is 3. The highest BCUT2D eigenvalue weighted by Gasteiger charge is 2.50. The van der Waals surface area contributed by atoms with E-state index in [1.807, 2.05) is 17.1 Å². The van der Waals surface area contributed by atoms with E-state index >= 15 is 0 Å². The predicted molar refractivity (Wildman–Crippen MR) is 133 cm³/mol. The van der Waals surface area contributed by atoms with Gasteiger partial charge in [-0.15, -0.1) is 5.10 Å². The fourth-order valence-corrected chi connectivity index (χ4v) is 5.81. The molecule has 12 heteroatoms. The van der Waals surface area contributed by atoms with Crippen LogP contribution >= 0.6 is 23.2 Å². The lowest BCUT2D eigenvalue weighted by atomic mass is 9.58. The van der Waals surface area contributed by atoms with Gasteiger partial charge in [0.2, 0.25) is 5.69 Å². The van der Waals surface area contributed by atoms with E-state index < -0.39 is 16.9 Å². The Morgan fingerprint density at radius 2 is 1.89 bits per heavy atom. The summed E-state index contributed by atoms with van der Waals surface area (Å²) in [4.78, 5) is 29.3. The van der Waals surface area contributed by atoms with Crippen molar-refractivity contribution in [3.8, 4) is 29.3 Å². The number of benzene rings is 2. The van der Waals surface area contributed by atoms with Crippen molar-refractivity contribution in [2.45, 2.75) is 24.9 Å². The van der Waals surface area contributed by atoms with Crippen LogP contribution in [0.4, 0.5) is 0 Å². The van der Waals surface area contributed by atoms with Crippen LogP contribution in [0.5, 0.6) is 11.5 Å². The summed E-state index contributed by atoms with van der Waals surface area (Å²) in [5.41, 5.74) is 0.843. The second-order valence-electron chi connectivity index (χ2n) is 9.17. The molecule has 4 aromatic rings. The summed E-state index contributed by atoms with van der Waals surface area (Å²) < 4.78 is 12.7. The molecule has 0 radical (unpaired) electrons. The molecule has 0 bridgehead atoms. The number of ether oxygens (including phenoxy) is 2. The zero-order valence-corrected chi connectivity index (χ0v) is 20.5.